The Morgan fingerprint density at radius 3 is 2.82 bits per heavy atom. The zero-order valence-electron chi connectivity index (χ0n) is 14.3. The third-order valence-electron chi connectivity index (χ3n) is 7.88. The van der Waals surface area contributed by atoms with E-state index in [1.54, 1.807) is 5.56 Å². The maximum Gasteiger partial charge on any atom is 0.115 e. The van der Waals surface area contributed by atoms with Gasteiger partial charge in [-0.25, -0.2) is 0 Å². The molecule has 0 bridgehead atoms. The summed E-state index contributed by atoms with van der Waals surface area (Å²) in [5.41, 5.74) is 3.58. The van der Waals surface area contributed by atoms with Gasteiger partial charge in [-0.2, -0.15) is 0 Å². The van der Waals surface area contributed by atoms with Gasteiger partial charge in [-0.15, -0.1) is 0 Å². The highest BCUT2D eigenvalue weighted by atomic mass is 16.3. The van der Waals surface area contributed by atoms with Gasteiger partial charge < -0.3 is 5.11 Å². The molecule has 2 saturated carbocycles. The third kappa shape index (κ3) is 1.90. The van der Waals surface area contributed by atoms with Gasteiger partial charge >= 0.3 is 0 Å². The van der Waals surface area contributed by atoms with Crippen LogP contribution in [0.1, 0.15) is 69.9 Å². The van der Waals surface area contributed by atoms with Gasteiger partial charge in [0, 0.05) is 0 Å². The minimum Gasteiger partial charge on any atom is -0.508 e. The van der Waals surface area contributed by atoms with Crippen molar-refractivity contribution in [3.8, 4) is 5.75 Å². The van der Waals surface area contributed by atoms with Gasteiger partial charge in [-0.1, -0.05) is 33.3 Å². The average molecular weight is 298 g/mol. The predicted molar refractivity (Wildman–Crippen MR) is 91.1 cm³/mol. The van der Waals surface area contributed by atoms with Gasteiger partial charge in [0.25, 0.3) is 0 Å². The Kier molecular flexibility index (Phi) is 3.33. The second-order valence-corrected chi connectivity index (χ2v) is 8.57. The van der Waals surface area contributed by atoms with Crippen LogP contribution >= 0.6 is 0 Å². The normalized spacial score (nSPS) is 43.3. The predicted octanol–water partition coefficient (Wildman–Crippen LogP) is 5.52. The lowest BCUT2D eigenvalue weighted by Crippen LogP contribution is -2.45. The van der Waals surface area contributed by atoms with Crippen LogP contribution in [0.15, 0.2) is 18.2 Å². The lowest BCUT2D eigenvalue weighted by atomic mass is 9.51. The molecular formula is C21H30O. The molecule has 120 valence electrons. The Labute approximate surface area is 135 Å². The summed E-state index contributed by atoms with van der Waals surface area (Å²) in [4.78, 5) is 0. The summed E-state index contributed by atoms with van der Waals surface area (Å²) in [5.74, 6) is 4.71. The van der Waals surface area contributed by atoms with Crippen molar-refractivity contribution in [2.24, 2.45) is 29.1 Å². The maximum atomic E-state index is 9.87. The molecule has 6 atom stereocenters. The van der Waals surface area contributed by atoms with Crippen LogP contribution in [0.3, 0.4) is 0 Å². The number of fused-ring (bicyclic) bond motifs is 5. The molecule has 6 unspecified atom stereocenters. The average Bonchev–Trinajstić information content (AvgIpc) is 2.81. The summed E-state index contributed by atoms with van der Waals surface area (Å²) in [7, 11) is 0. The largest absolute Gasteiger partial charge is 0.508 e. The fraction of sp³-hybridized carbons (Fsp3) is 0.714. The van der Waals surface area contributed by atoms with Crippen LogP contribution in [-0.2, 0) is 6.42 Å². The molecule has 0 aliphatic heterocycles. The van der Waals surface area contributed by atoms with E-state index in [9.17, 15) is 5.11 Å². The summed E-state index contributed by atoms with van der Waals surface area (Å²) in [5, 5.41) is 9.87. The number of phenolic OH excluding ortho intramolecular Hbond substituents is 1. The summed E-state index contributed by atoms with van der Waals surface area (Å²) >= 11 is 0. The van der Waals surface area contributed by atoms with Crippen molar-refractivity contribution in [1.29, 1.82) is 0 Å². The standard InChI is InChI=1S/C21H30O/c1-4-14-11-15-12-16(22)6-7-17(15)18-9-10-21(3)13(2)5-8-19(21)20(14)18/h6-7,12-14,18-20,22H,4-5,8-11H2,1-3H3. The van der Waals surface area contributed by atoms with Crippen LogP contribution in [-0.4, -0.2) is 5.11 Å². The molecule has 1 aromatic rings. The molecule has 1 nitrogen and oxygen atoms in total. The molecule has 2 fully saturated rings. The van der Waals surface area contributed by atoms with Gasteiger partial charge in [-0.3, -0.25) is 0 Å². The van der Waals surface area contributed by atoms with Gasteiger partial charge in [-0.05, 0) is 90.4 Å². The molecule has 0 amide bonds. The molecule has 0 heterocycles. The smallest absolute Gasteiger partial charge is 0.115 e. The summed E-state index contributed by atoms with van der Waals surface area (Å²) < 4.78 is 0. The highest BCUT2D eigenvalue weighted by Crippen LogP contribution is 2.64. The Bertz CT molecular complexity index is 577. The highest BCUT2D eigenvalue weighted by molar-refractivity contribution is 5.40. The second kappa shape index (κ2) is 5.01. The van der Waals surface area contributed by atoms with Crippen LogP contribution in [0.4, 0.5) is 0 Å². The lowest BCUT2D eigenvalue weighted by Gasteiger charge is -2.53. The van der Waals surface area contributed by atoms with E-state index in [-0.39, 0.29) is 0 Å². The van der Waals surface area contributed by atoms with Crippen LogP contribution in [0.25, 0.3) is 0 Å². The summed E-state index contributed by atoms with van der Waals surface area (Å²) in [6, 6.07) is 6.18. The van der Waals surface area contributed by atoms with E-state index < -0.39 is 0 Å². The van der Waals surface area contributed by atoms with Crippen LogP contribution in [0.5, 0.6) is 5.75 Å². The first kappa shape index (κ1) is 14.6. The number of rotatable bonds is 1. The van der Waals surface area contributed by atoms with E-state index in [0.29, 0.717) is 11.2 Å². The molecule has 0 saturated heterocycles. The number of hydrogen-bond acceptors (Lipinski definition) is 1. The molecule has 0 radical (unpaired) electrons. The van der Waals surface area contributed by atoms with Gasteiger partial charge in [0.2, 0.25) is 0 Å². The van der Waals surface area contributed by atoms with Gasteiger partial charge in [0.1, 0.15) is 5.75 Å². The van der Waals surface area contributed by atoms with E-state index in [1.807, 2.05) is 12.1 Å². The minimum atomic E-state index is 0.446. The fourth-order valence-corrected chi connectivity index (χ4v) is 6.44. The van der Waals surface area contributed by atoms with E-state index in [1.165, 1.54) is 44.1 Å². The molecule has 22 heavy (non-hydrogen) atoms. The first-order chi connectivity index (χ1) is 10.5. The molecule has 4 rings (SSSR count). The van der Waals surface area contributed by atoms with E-state index in [2.05, 4.69) is 26.8 Å². The first-order valence-electron chi connectivity index (χ1n) is 9.36. The number of aromatic hydroxyl groups is 1. The molecule has 0 aromatic heterocycles. The lowest BCUT2D eigenvalue weighted by molar-refractivity contribution is 0.00452. The molecular weight excluding hydrogens is 268 g/mol. The molecule has 0 spiro atoms. The zero-order chi connectivity index (χ0) is 15.5. The monoisotopic (exact) mass is 298 g/mol. The van der Waals surface area contributed by atoms with Crippen molar-refractivity contribution >= 4 is 0 Å². The zero-order valence-corrected chi connectivity index (χ0v) is 14.3. The van der Waals surface area contributed by atoms with E-state index in [4.69, 9.17) is 0 Å². The molecule has 3 aliphatic rings. The van der Waals surface area contributed by atoms with Crippen molar-refractivity contribution in [1.82, 2.24) is 0 Å². The Morgan fingerprint density at radius 1 is 1.23 bits per heavy atom. The molecule has 1 heteroatoms. The minimum absolute atomic E-state index is 0.446. The summed E-state index contributed by atoms with van der Waals surface area (Å²) in [6.45, 7) is 7.46. The van der Waals surface area contributed by atoms with Gasteiger partial charge in [0.15, 0.2) is 0 Å². The van der Waals surface area contributed by atoms with E-state index in [0.717, 1.165) is 29.6 Å². The maximum absolute atomic E-state index is 9.87. The SMILES string of the molecule is CCC1Cc2cc(O)ccc2C2CCC3(C)C(C)CCC3C12. The third-order valence-corrected chi connectivity index (χ3v) is 7.88. The Balaban J connectivity index is 1.77. The summed E-state index contributed by atoms with van der Waals surface area (Å²) in [6.07, 6.45) is 8.11. The molecule has 1 N–H and O–H groups in total. The first-order valence-corrected chi connectivity index (χ1v) is 9.36. The number of hydrogen-bond donors (Lipinski definition) is 1. The number of benzene rings is 1. The van der Waals surface area contributed by atoms with Crippen LogP contribution < -0.4 is 0 Å². The second-order valence-electron chi connectivity index (χ2n) is 8.57. The van der Waals surface area contributed by atoms with Crippen LogP contribution in [0, 0.1) is 29.1 Å². The van der Waals surface area contributed by atoms with Crippen molar-refractivity contribution in [2.45, 2.75) is 65.2 Å². The Morgan fingerprint density at radius 2 is 2.05 bits per heavy atom. The van der Waals surface area contributed by atoms with E-state index >= 15 is 0 Å². The number of phenols is 1. The van der Waals surface area contributed by atoms with Crippen molar-refractivity contribution in [3.05, 3.63) is 29.3 Å². The topological polar surface area (TPSA) is 20.2 Å². The van der Waals surface area contributed by atoms with Crippen LogP contribution in [0.2, 0.25) is 0 Å². The molecule has 1 aromatic carbocycles. The van der Waals surface area contributed by atoms with Crippen molar-refractivity contribution < 1.29 is 5.11 Å². The quantitative estimate of drug-likeness (QED) is 0.723. The molecule has 3 aliphatic carbocycles. The van der Waals surface area contributed by atoms with Crippen molar-refractivity contribution in [2.75, 3.05) is 0 Å². The van der Waals surface area contributed by atoms with Gasteiger partial charge in [0.05, 0.1) is 0 Å². The Hall–Kier alpha value is -0.980. The van der Waals surface area contributed by atoms with Crippen molar-refractivity contribution in [3.63, 3.8) is 0 Å². The highest BCUT2D eigenvalue weighted by Gasteiger charge is 2.55. The fourth-order valence-electron chi connectivity index (χ4n) is 6.44.